The van der Waals surface area contributed by atoms with E-state index in [1.165, 1.54) is 32.9 Å². The van der Waals surface area contributed by atoms with Gasteiger partial charge in [0.05, 0.1) is 16.3 Å². The van der Waals surface area contributed by atoms with Gasteiger partial charge in [-0.2, -0.15) is 0 Å². The molecule has 3 nitrogen and oxygen atoms in total. The zero-order valence-electron chi connectivity index (χ0n) is 15.4. The molecule has 29 heavy (non-hydrogen) atoms. The van der Waals surface area contributed by atoms with Crippen LogP contribution in [0.4, 0.5) is 0 Å². The predicted octanol–water partition coefficient (Wildman–Crippen LogP) is 4.44. The van der Waals surface area contributed by atoms with Crippen LogP contribution in [0.15, 0.2) is 74.7 Å². The molecule has 0 saturated heterocycles. The summed E-state index contributed by atoms with van der Waals surface area (Å²) in [7, 11) is 0. The second kappa shape index (κ2) is 6.76. The third kappa shape index (κ3) is 2.74. The largest absolute Gasteiger partial charge is 0.271 e. The summed E-state index contributed by atoms with van der Waals surface area (Å²) in [5.74, 6) is 0. The molecular formula is C23H16N2OS3. The van der Waals surface area contributed by atoms with Crippen LogP contribution in [0.2, 0.25) is 0 Å². The molecule has 1 aliphatic heterocycles. The molecule has 0 unspecified atom stereocenters. The van der Waals surface area contributed by atoms with Gasteiger partial charge in [-0.15, -0.1) is 22.7 Å². The van der Waals surface area contributed by atoms with Gasteiger partial charge in [-0.1, -0.05) is 47.7 Å². The topological polar surface area (TPSA) is 34.4 Å². The van der Waals surface area contributed by atoms with E-state index in [1.54, 1.807) is 22.7 Å². The number of allylic oxidation sites excluding steroid dienone is 1. The molecule has 1 atom stereocenters. The Bertz CT molecular complexity index is 1420. The first-order chi connectivity index (χ1) is 14.3. The molecule has 4 heterocycles. The number of nitrogens with zero attached hydrogens (tertiary/aromatic N) is 2. The lowest BCUT2D eigenvalue weighted by Crippen LogP contribution is -2.38. The lowest BCUT2D eigenvalue weighted by molar-refractivity contribution is 0.593. The summed E-state index contributed by atoms with van der Waals surface area (Å²) in [6, 6.07) is 16.7. The molecule has 0 N–H and O–H groups in total. The number of hydrogen-bond donors (Lipinski definition) is 0. The number of aryl methyl sites for hydroxylation is 1. The molecule has 4 aromatic rings. The molecule has 3 aromatic heterocycles. The van der Waals surface area contributed by atoms with E-state index in [4.69, 9.17) is 4.99 Å². The van der Waals surface area contributed by atoms with Crippen LogP contribution in [0.25, 0.3) is 11.8 Å². The van der Waals surface area contributed by atoms with Crippen LogP contribution in [-0.2, 0) is 6.42 Å². The van der Waals surface area contributed by atoms with Crippen molar-refractivity contribution in [1.29, 1.82) is 0 Å². The zero-order valence-corrected chi connectivity index (χ0v) is 17.8. The van der Waals surface area contributed by atoms with Crippen LogP contribution in [0.3, 0.4) is 0 Å². The van der Waals surface area contributed by atoms with Crippen LogP contribution in [0.5, 0.6) is 0 Å². The highest BCUT2D eigenvalue weighted by atomic mass is 32.1. The minimum absolute atomic E-state index is 0.0555. The Labute approximate surface area is 179 Å². The predicted molar refractivity (Wildman–Crippen MR) is 121 cm³/mol. The van der Waals surface area contributed by atoms with Crippen LogP contribution >= 0.6 is 34.0 Å². The lowest BCUT2D eigenvalue weighted by atomic mass is 9.85. The molecule has 6 rings (SSSR count). The highest BCUT2D eigenvalue weighted by Gasteiger charge is 2.32. The minimum atomic E-state index is -0.0555. The Morgan fingerprint density at radius 3 is 2.69 bits per heavy atom. The van der Waals surface area contributed by atoms with Crippen LogP contribution in [0, 0.1) is 0 Å². The number of benzene rings is 1. The van der Waals surface area contributed by atoms with Gasteiger partial charge in [0.25, 0.3) is 5.56 Å². The van der Waals surface area contributed by atoms with Crippen molar-refractivity contribution in [3.05, 3.63) is 105 Å². The lowest BCUT2D eigenvalue weighted by Gasteiger charge is -2.30. The van der Waals surface area contributed by atoms with Gasteiger partial charge >= 0.3 is 0 Å². The molecule has 6 heteroatoms. The number of thiazole rings is 1. The van der Waals surface area contributed by atoms with Crippen LogP contribution in [-0.4, -0.2) is 4.57 Å². The first-order valence-electron chi connectivity index (χ1n) is 9.49. The third-order valence-electron chi connectivity index (χ3n) is 5.50. The smallest absolute Gasteiger partial charge is 0.271 e. The van der Waals surface area contributed by atoms with E-state index in [0.29, 0.717) is 0 Å². The summed E-state index contributed by atoms with van der Waals surface area (Å²) >= 11 is 4.86. The van der Waals surface area contributed by atoms with Crippen molar-refractivity contribution in [1.82, 2.24) is 4.57 Å². The molecule has 0 saturated carbocycles. The molecular weight excluding hydrogens is 416 g/mol. The fourth-order valence-corrected chi connectivity index (χ4v) is 6.79. The normalized spacial score (nSPS) is 18.2. The molecule has 0 bridgehead atoms. The molecule has 0 amide bonds. The SMILES string of the molecule is O=c1/c(=C\c2cccs2)sc2n1[C@H](c1cccs1)C1=C(N=2)c2ccccc2CC1. The maximum Gasteiger partial charge on any atom is 0.271 e. The van der Waals surface area contributed by atoms with Crippen molar-refractivity contribution in [2.45, 2.75) is 18.9 Å². The molecule has 0 spiro atoms. The highest BCUT2D eigenvalue weighted by Crippen LogP contribution is 2.42. The highest BCUT2D eigenvalue weighted by molar-refractivity contribution is 7.11. The van der Waals surface area contributed by atoms with Gasteiger partial charge in [0.15, 0.2) is 4.80 Å². The number of fused-ring (bicyclic) bond motifs is 3. The number of hydrogen-bond acceptors (Lipinski definition) is 5. The van der Waals surface area contributed by atoms with Gasteiger partial charge in [-0.3, -0.25) is 9.36 Å². The fourth-order valence-electron chi connectivity index (χ4n) is 4.22. The number of aromatic nitrogens is 1. The molecule has 142 valence electrons. The van der Waals surface area contributed by atoms with E-state index in [1.807, 2.05) is 28.2 Å². The number of thiophene rings is 2. The molecule has 1 aromatic carbocycles. The van der Waals surface area contributed by atoms with Crippen molar-refractivity contribution in [3.63, 3.8) is 0 Å². The Morgan fingerprint density at radius 2 is 1.86 bits per heavy atom. The van der Waals surface area contributed by atoms with E-state index < -0.39 is 0 Å². The summed E-state index contributed by atoms with van der Waals surface area (Å²) in [6.07, 6.45) is 3.93. The summed E-state index contributed by atoms with van der Waals surface area (Å²) in [6.45, 7) is 0. The quantitative estimate of drug-likeness (QED) is 0.461. The first kappa shape index (κ1) is 17.3. The minimum Gasteiger partial charge on any atom is -0.271 e. The van der Waals surface area contributed by atoms with E-state index in [-0.39, 0.29) is 11.6 Å². The second-order valence-corrected chi connectivity index (χ2v) is 10.1. The third-order valence-corrected chi connectivity index (χ3v) is 8.23. The van der Waals surface area contributed by atoms with Crippen LogP contribution in [0.1, 0.15) is 33.3 Å². The second-order valence-electron chi connectivity index (χ2n) is 7.14. The molecule has 1 aliphatic carbocycles. The van der Waals surface area contributed by atoms with Crippen molar-refractivity contribution in [2.24, 2.45) is 4.99 Å². The first-order valence-corrected chi connectivity index (χ1v) is 12.1. The Morgan fingerprint density at radius 1 is 1.00 bits per heavy atom. The Kier molecular flexibility index (Phi) is 4.04. The Balaban J connectivity index is 1.66. The van der Waals surface area contributed by atoms with E-state index in [9.17, 15) is 4.79 Å². The number of rotatable bonds is 2. The van der Waals surface area contributed by atoms with Crippen molar-refractivity contribution >= 4 is 45.8 Å². The zero-order chi connectivity index (χ0) is 19.4. The van der Waals surface area contributed by atoms with Crippen molar-refractivity contribution in [2.75, 3.05) is 0 Å². The summed E-state index contributed by atoms with van der Waals surface area (Å²) in [4.78, 5) is 21.6. The van der Waals surface area contributed by atoms with Crippen LogP contribution < -0.4 is 14.9 Å². The van der Waals surface area contributed by atoms with Gasteiger partial charge in [-0.05, 0) is 52.9 Å². The van der Waals surface area contributed by atoms with Crippen molar-refractivity contribution in [3.8, 4) is 0 Å². The van der Waals surface area contributed by atoms with Gasteiger partial charge in [0.2, 0.25) is 0 Å². The van der Waals surface area contributed by atoms with Crippen molar-refractivity contribution < 1.29 is 0 Å². The van der Waals surface area contributed by atoms with E-state index in [2.05, 4.69) is 41.8 Å². The summed E-state index contributed by atoms with van der Waals surface area (Å²) < 4.78 is 2.67. The maximum absolute atomic E-state index is 13.4. The van der Waals surface area contributed by atoms with Gasteiger partial charge in [0, 0.05) is 15.3 Å². The summed E-state index contributed by atoms with van der Waals surface area (Å²) in [5.41, 5.74) is 4.95. The average molecular weight is 433 g/mol. The van der Waals surface area contributed by atoms with Gasteiger partial charge < -0.3 is 0 Å². The maximum atomic E-state index is 13.4. The van der Waals surface area contributed by atoms with E-state index in [0.717, 1.165) is 32.7 Å². The fraction of sp³-hybridized carbons (Fsp3) is 0.130. The monoisotopic (exact) mass is 432 g/mol. The van der Waals surface area contributed by atoms with Gasteiger partial charge in [0.1, 0.15) is 0 Å². The summed E-state index contributed by atoms with van der Waals surface area (Å²) in [5, 5.41) is 4.13. The Hall–Kier alpha value is -2.54. The standard InChI is InChI=1S/C23H16N2OS3/c26-22-19(13-15-6-3-11-27-15)29-23-24-20-16-7-2-1-5-14(16)9-10-17(20)21(25(22)23)18-8-4-12-28-18/h1-8,11-13,21H,9-10H2/b19-13+/t21-/m0/s1. The average Bonchev–Trinajstić information content (AvgIpc) is 3.50. The molecule has 0 fully saturated rings. The molecule has 2 aliphatic rings. The van der Waals surface area contributed by atoms with Gasteiger partial charge in [-0.25, -0.2) is 4.99 Å². The molecule has 0 radical (unpaired) electrons. The van der Waals surface area contributed by atoms with E-state index >= 15 is 0 Å².